The average molecular weight is 1040 g/mol. The summed E-state index contributed by atoms with van der Waals surface area (Å²) in [5, 5.41) is 5.59. The van der Waals surface area contributed by atoms with Gasteiger partial charge >= 0.3 is 12.2 Å². The monoisotopic (exact) mass is 1040 g/mol. The Balaban J connectivity index is 0.796. The largest absolute Gasteiger partial charge is 0.453 e. The van der Waals surface area contributed by atoms with Gasteiger partial charge in [0, 0.05) is 36.6 Å². The number of alkyl carbamates (subject to hydrolysis) is 2. The molecular weight excluding hydrogens is 965 g/mol. The van der Waals surface area contributed by atoms with E-state index in [0.717, 1.165) is 92.0 Å². The Morgan fingerprint density at radius 3 is 1.53 bits per heavy atom. The minimum Gasteiger partial charge on any atom is -0.453 e. The third-order valence-corrected chi connectivity index (χ3v) is 18.0. The van der Waals surface area contributed by atoms with Crippen molar-refractivity contribution >= 4 is 24.0 Å². The van der Waals surface area contributed by atoms with Gasteiger partial charge in [0.15, 0.2) is 0 Å². The maximum atomic E-state index is 14.2. The summed E-state index contributed by atoms with van der Waals surface area (Å²) in [7, 11) is 2.65. The standard InChI is InChI=1S/C63H74N8O6/c1-35(2)54(68-62(74)76-6)60(72)70-33-46-10-8-12-48(46)56(70)58-64-31-52(66-58)42-23-18-40(19-24-42)50-29-38-14-16-39-22-27-44(37(5)28-45(50)17-15-38)30-51(39)41-20-25-43(26-21-41)53-32-65-59(67-53)57-49-13-9-11-47(49)34-71(57)61(73)55(36(3)4)69-63(75)77-7/h15,17-27,29-32,35-37,46-49,54-57H,8-14,16,28,33-34H2,1-7H3,(H,64,66)(H,65,67)(H,68,74)(H,69,75)/t37-,46?,47?,48?,49?,54+,55+,56+,57+/m1/s1. The highest BCUT2D eigenvalue weighted by Crippen LogP contribution is 2.51. The van der Waals surface area contributed by atoms with Crippen LogP contribution in [-0.2, 0) is 38.3 Å². The van der Waals surface area contributed by atoms with Gasteiger partial charge in [-0.1, -0.05) is 132 Å². The van der Waals surface area contributed by atoms with E-state index in [2.05, 4.69) is 112 Å². The van der Waals surface area contributed by atoms with E-state index in [1.807, 2.05) is 49.9 Å². The second kappa shape index (κ2) is 21.7. The van der Waals surface area contributed by atoms with Gasteiger partial charge in [-0.3, -0.25) is 9.59 Å². The topological polar surface area (TPSA) is 175 Å². The van der Waals surface area contributed by atoms with E-state index in [1.54, 1.807) is 0 Å². The summed E-state index contributed by atoms with van der Waals surface area (Å²) >= 11 is 0. The summed E-state index contributed by atoms with van der Waals surface area (Å²) in [6, 6.07) is 29.9. The number of aryl methyl sites for hydroxylation is 2. The van der Waals surface area contributed by atoms with Gasteiger partial charge in [-0.25, -0.2) is 19.6 Å². The van der Waals surface area contributed by atoms with Crippen LogP contribution in [0.4, 0.5) is 9.59 Å². The molecule has 2 saturated carbocycles. The van der Waals surface area contributed by atoms with Crippen LogP contribution in [0.1, 0.15) is 125 Å². The van der Waals surface area contributed by atoms with Crippen molar-refractivity contribution in [1.82, 2.24) is 40.4 Å². The van der Waals surface area contributed by atoms with E-state index in [1.165, 1.54) is 58.7 Å². The van der Waals surface area contributed by atoms with Crippen LogP contribution in [0, 0.1) is 35.5 Å². The average Bonchev–Trinajstić information content (AvgIpc) is 4.46. The predicted octanol–water partition coefficient (Wildman–Crippen LogP) is 11.6. The first-order valence-electron chi connectivity index (χ1n) is 28.1. The molecule has 0 spiro atoms. The van der Waals surface area contributed by atoms with Crippen LogP contribution in [0.2, 0.25) is 0 Å². The van der Waals surface area contributed by atoms with Crippen LogP contribution >= 0.6 is 0 Å². The van der Waals surface area contributed by atoms with Crippen molar-refractivity contribution in [3.63, 3.8) is 0 Å². The first kappa shape index (κ1) is 51.9. The zero-order valence-electron chi connectivity index (χ0n) is 45.6. The smallest absolute Gasteiger partial charge is 0.407 e. The van der Waals surface area contributed by atoms with Crippen molar-refractivity contribution in [3.8, 4) is 44.8 Å². The maximum Gasteiger partial charge on any atom is 0.407 e. The van der Waals surface area contributed by atoms with Crippen LogP contribution in [0.3, 0.4) is 0 Å². The zero-order chi connectivity index (χ0) is 53.6. The molecule has 4 unspecified atom stereocenters. The molecule has 0 radical (unpaired) electrons. The molecule has 14 rings (SSSR count). The number of likely N-dealkylation sites (tertiary alicyclic amines) is 2. The van der Waals surface area contributed by atoms with Crippen LogP contribution in [0.5, 0.6) is 0 Å². The normalized spacial score (nSPS) is 23.4. The summed E-state index contributed by atoms with van der Waals surface area (Å²) in [5.41, 5.74) is 13.8. The first-order chi connectivity index (χ1) is 37.3. The number of aromatic nitrogens is 4. The number of carbonyl (C=O) groups excluding carboxylic acids is 4. The molecule has 4 aromatic carbocycles. The maximum absolute atomic E-state index is 14.2. The van der Waals surface area contributed by atoms with Crippen LogP contribution in [-0.4, -0.2) is 93.1 Å². The number of hydrogen-bond acceptors (Lipinski definition) is 8. The molecule has 4 amide bonds. The SMILES string of the molecule is COC(=O)N[C@H](C(=O)N1CC2CCCC2[C@H]1c1nc(-c2ccc(-c3cc4ccc3CCc3ccc(c(-c5ccc(-c6c[nH]c([C@@H]7C8CCCC8CN7C(=O)[C@@H](NC(=O)OC)C(C)C)n6)cc5)c3)C[C@H]4C)cc2)c[nH]1)C(C)C. The van der Waals surface area contributed by atoms with Gasteiger partial charge in [-0.2, -0.15) is 0 Å². The van der Waals surface area contributed by atoms with Crippen molar-refractivity contribution in [3.05, 3.63) is 131 Å². The minimum absolute atomic E-state index is 0.0879. The second-order valence-corrected chi connectivity index (χ2v) is 23.3. The van der Waals surface area contributed by atoms with Crippen LogP contribution in [0.15, 0.2) is 97.3 Å². The van der Waals surface area contributed by atoms with Gasteiger partial charge in [0.2, 0.25) is 11.8 Å². The van der Waals surface area contributed by atoms with Crippen LogP contribution < -0.4 is 10.6 Å². The molecule has 8 aliphatic rings. The van der Waals surface area contributed by atoms with Gasteiger partial charge < -0.3 is 39.9 Å². The molecule has 14 nitrogen and oxygen atoms in total. The fourth-order valence-corrected chi connectivity index (χ4v) is 13.8. The highest BCUT2D eigenvalue weighted by atomic mass is 16.5. The lowest BCUT2D eigenvalue weighted by atomic mass is 9.84. The Labute approximate surface area is 452 Å². The zero-order valence-corrected chi connectivity index (χ0v) is 45.6. The highest BCUT2D eigenvalue weighted by Gasteiger charge is 2.51. The van der Waals surface area contributed by atoms with E-state index in [4.69, 9.17) is 19.4 Å². The number of aromatic amines is 2. The number of amides is 4. The van der Waals surface area contributed by atoms with Crippen molar-refractivity contribution in [1.29, 1.82) is 0 Å². The fraction of sp³-hybridized carbons (Fsp3) is 0.460. The van der Waals surface area contributed by atoms with Crippen molar-refractivity contribution in [2.75, 3.05) is 27.3 Å². The Morgan fingerprint density at radius 2 is 1.05 bits per heavy atom. The molecule has 14 heteroatoms. The third-order valence-electron chi connectivity index (χ3n) is 18.0. The Hall–Kier alpha value is -7.22. The molecule has 2 aliphatic heterocycles. The van der Waals surface area contributed by atoms with Crippen molar-refractivity contribution in [2.24, 2.45) is 35.5 Å². The number of rotatable bonds is 12. The number of benzene rings is 4. The Kier molecular flexibility index (Phi) is 14.6. The van der Waals surface area contributed by atoms with Crippen molar-refractivity contribution in [2.45, 2.75) is 122 Å². The lowest BCUT2D eigenvalue weighted by Crippen LogP contribution is -2.51. The molecule has 402 valence electrons. The number of hydrogen-bond donors (Lipinski definition) is 4. The third kappa shape index (κ3) is 10.2. The molecule has 2 saturated heterocycles. The van der Waals surface area contributed by atoms with Gasteiger partial charge in [0.05, 0.1) is 37.7 Å². The van der Waals surface area contributed by atoms with Gasteiger partial charge in [-0.05, 0) is 131 Å². The quantitative estimate of drug-likeness (QED) is 0.0937. The van der Waals surface area contributed by atoms with E-state index < -0.39 is 24.3 Å². The van der Waals surface area contributed by atoms with Gasteiger partial charge in [0.1, 0.15) is 23.7 Å². The van der Waals surface area contributed by atoms with Crippen LogP contribution in [0.25, 0.3) is 44.8 Å². The number of nitrogens with one attached hydrogen (secondary N) is 4. The number of ether oxygens (including phenoxy) is 2. The van der Waals surface area contributed by atoms with Gasteiger partial charge in [-0.15, -0.1) is 0 Å². The molecule has 6 aliphatic carbocycles. The number of methoxy groups -OCH3 is 2. The fourth-order valence-electron chi connectivity index (χ4n) is 13.8. The van der Waals surface area contributed by atoms with Gasteiger partial charge in [0.25, 0.3) is 0 Å². The minimum atomic E-state index is -0.687. The number of nitrogens with zero attached hydrogens (tertiary/aromatic N) is 4. The number of imidazole rings is 2. The Bertz CT molecular complexity index is 3140. The molecule has 6 aromatic rings. The van der Waals surface area contributed by atoms with E-state index in [-0.39, 0.29) is 41.7 Å². The van der Waals surface area contributed by atoms with E-state index in [9.17, 15) is 19.2 Å². The molecule has 4 N–H and O–H groups in total. The first-order valence-corrected chi connectivity index (χ1v) is 28.1. The summed E-state index contributed by atoms with van der Waals surface area (Å²) in [6.07, 6.45) is 12.0. The highest BCUT2D eigenvalue weighted by molar-refractivity contribution is 5.87. The summed E-state index contributed by atoms with van der Waals surface area (Å²) in [5.74, 6) is 2.93. The second-order valence-electron chi connectivity index (χ2n) is 23.3. The number of H-pyrrole nitrogens is 2. The van der Waals surface area contributed by atoms with E-state index in [0.29, 0.717) is 36.8 Å². The summed E-state index contributed by atoms with van der Waals surface area (Å²) in [4.78, 5) is 74.1. The lowest BCUT2D eigenvalue weighted by molar-refractivity contribution is -0.136. The molecule has 4 bridgehead atoms. The number of fused-ring (bicyclic) bond motifs is 2. The summed E-state index contributed by atoms with van der Waals surface area (Å²) in [6.45, 7) is 11.4. The number of carbonyl (C=O) groups is 4. The molecule has 9 atom stereocenters. The molecule has 4 heterocycles. The molecular formula is C63H74N8O6. The predicted molar refractivity (Wildman–Crippen MR) is 297 cm³/mol. The van der Waals surface area contributed by atoms with E-state index >= 15 is 0 Å². The molecule has 2 aromatic heterocycles. The molecule has 4 fully saturated rings. The lowest BCUT2D eigenvalue weighted by Gasteiger charge is -2.31. The van der Waals surface area contributed by atoms with Crippen molar-refractivity contribution < 1.29 is 28.7 Å². The Morgan fingerprint density at radius 1 is 0.584 bits per heavy atom. The molecule has 77 heavy (non-hydrogen) atoms. The summed E-state index contributed by atoms with van der Waals surface area (Å²) < 4.78 is 9.77.